The average molecular weight is 262 g/mol. The zero-order valence-electron chi connectivity index (χ0n) is 9.68. The van der Waals surface area contributed by atoms with E-state index in [1.807, 2.05) is 5.38 Å². The van der Waals surface area contributed by atoms with E-state index in [1.54, 1.807) is 37.3 Å². The summed E-state index contributed by atoms with van der Waals surface area (Å²) in [5, 5.41) is 11.0. The molecule has 0 aliphatic carbocycles. The predicted molar refractivity (Wildman–Crippen MR) is 71.0 cm³/mol. The lowest BCUT2D eigenvalue weighted by molar-refractivity contribution is -0.130. The summed E-state index contributed by atoms with van der Waals surface area (Å²) in [6, 6.07) is 8.09. The molecule has 0 aliphatic rings. The van der Waals surface area contributed by atoms with Crippen molar-refractivity contribution in [2.45, 2.75) is 6.92 Å². The van der Waals surface area contributed by atoms with E-state index in [1.165, 1.54) is 17.4 Å². The normalized spacial score (nSPS) is 11.6. The Labute approximate surface area is 108 Å². The van der Waals surface area contributed by atoms with Crippen molar-refractivity contribution in [3.8, 4) is 0 Å². The van der Waals surface area contributed by atoms with E-state index in [-0.39, 0.29) is 11.4 Å². The molecular formula is C14H11FO2S. The quantitative estimate of drug-likeness (QED) is 0.854. The van der Waals surface area contributed by atoms with Gasteiger partial charge in [-0.05, 0) is 47.7 Å². The minimum absolute atomic E-state index is 0.219. The number of carboxylic acids is 1. The van der Waals surface area contributed by atoms with Crippen LogP contribution in [0.15, 0.2) is 35.7 Å². The topological polar surface area (TPSA) is 37.3 Å². The monoisotopic (exact) mass is 262 g/mol. The average Bonchev–Trinajstić information content (AvgIpc) is 2.83. The van der Waals surface area contributed by atoms with Crippen LogP contribution >= 0.6 is 11.3 Å². The maximum absolute atomic E-state index is 13.1. The van der Waals surface area contributed by atoms with E-state index in [4.69, 9.17) is 0 Å². The molecule has 0 spiro atoms. The third-order valence-corrected chi connectivity index (χ3v) is 3.41. The first-order valence-corrected chi connectivity index (χ1v) is 6.21. The Morgan fingerprint density at radius 1 is 1.39 bits per heavy atom. The fourth-order valence-electron chi connectivity index (χ4n) is 1.59. The molecule has 1 aromatic heterocycles. The zero-order chi connectivity index (χ0) is 13.1. The number of benzene rings is 1. The summed E-state index contributed by atoms with van der Waals surface area (Å²) in [6.45, 7) is 1.65. The fraction of sp³-hybridized carbons (Fsp3) is 0.0714. The van der Waals surface area contributed by atoms with Crippen LogP contribution in [0, 0.1) is 12.7 Å². The molecule has 0 fully saturated rings. The van der Waals surface area contributed by atoms with E-state index >= 15 is 0 Å². The lowest BCUT2D eigenvalue weighted by Crippen LogP contribution is -1.97. The molecule has 0 aliphatic heterocycles. The van der Waals surface area contributed by atoms with Crippen molar-refractivity contribution in [1.82, 2.24) is 0 Å². The van der Waals surface area contributed by atoms with E-state index in [0.29, 0.717) is 16.0 Å². The number of rotatable bonds is 3. The summed E-state index contributed by atoms with van der Waals surface area (Å²) in [6.07, 6.45) is 1.56. The second-order valence-electron chi connectivity index (χ2n) is 3.85. The van der Waals surface area contributed by atoms with Gasteiger partial charge in [-0.1, -0.05) is 12.1 Å². The molecule has 2 aromatic rings. The Bertz CT molecular complexity index is 600. The highest BCUT2D eigenvalue weighted by molar-refractivity contribution is 7.11. The van der Waals surface area contributed by atoms with Gasteiger partial charge in [-0.2, -0.15) is 0 Å². The van der Waals surface area contributed by atoms with Crippen LogP contribution in [0.2, 0.25) is 0 Å². The second-order valence-corrected chi connectivity index (χ2v) is 4.80. The Hall–Kier alpha value is -1.94. The number of carboxylic acid groups (broad SMARTS) is 1. The molecule has 0 unspecified atom stereocenters. The SMILES string of the molecule is Cc1cc(/C=C(\C(=O)O)c2cccs2)ccc1F. The molecule has 1 N–H and O–H groups in total. The Morgan fingerprint density at radius 2 is 2.17 bits per heavy atom. The zero-order valence-corrected chi connectivity index (χ0v) is 10.5. The van der Waals surface area contributed by atoms with Crippen LogP contribution in [0.1, 0.15) is 16.0 Å². The fourth-order valence-corrected chi connectivity index (χ4v) is 2.33. The van der Waals surface area contributed by atoms with Gasteiger partial charge >= 0.3 is 5.97 Å². The predicted octanol–water partition coefficient (Wildman–Crippen LogP) is 3.82. The molecule has 18 heavy (non-hydrogen) atoms. The van der Waals surface area contributed by atoms with Gasteiger partial charge in [-0.3, -0.25) is 0 Å². The van der Waals surface area contributed by atoms with Crippen molar-refractivity contribution in [1.29, 1.82) is 0 Å². The molecule has 2 nitrogen and oxygen atoms in total. The summed E-state index contributed by atoms with van der Waals surface area (Å²) >= 11 is 1.36. The van der Waals surface area contributed by atoms with Crippen LogP contribution in [0.3, 0.4) is 0 Å². The van der Waals surface area contributed by atoms with Gasteiger partial charge in [0.2, 0.25) is 0 Å². The van der Waals surface area contributed by atoms with Crippen LogP contribution < -0.4 is 0 Å². The molecule has 1 aromatic carbocycles. The summed E-state index contributed by atoms with van der Waals surface area (Å²) in [5.41, 5.74) is 1.40. The maximum Gasteiger partial charge on any atom is 0.337 e. The summed E-state index contributed by atoms with van der Waals surface area (Å²) in [4.78, 5) is 11.9. The van der Waals surface area contributed by atoms with Gasteiger partial charge in [-0.15, -0.1) is 11.3 Å². The van der Waals surface area contributed by atoms with E-state index in [0.717, 1.165) is 0 Å². The maximum atomic E-state index is 13.1. The van der Waals surface area contributed by atoms with Crippen LogP contribution in [-0.4, -0.2) is 11.1 Å². The largest absolute Gasteiger partial charge is 0.478 e. The highest BCUT2D eigenvalue weighted by Crippen LogP contribution is 2.23. The number of hydrogen-bond acceptors (Lipinski definition) is 2. The van der Waals surface area contributed by atoms with Crippen LogP contribution in [-0.2, 0) is 4.79 Å². The molecule has 0 amide bonds. The van der Waals surface area contributed by atoms with Crippen LogP contribution in [0.5, 0.6) is 0 Å². The summed E-state index contributed by atoms with van der Waals surface area (Å²) < 4.78 is 13.1. The highest BCUT2D eigenvalue weighted by atomic mass is 32.1. The minimum atomic E-state index is -0.987. The lowest BCUT2D eigenvalue weighted by Gasteiger charge is -2.02. The number of thiophene rings is 1. The van der Waals surface area contributed by atoms with Crippen molar-refractivity contribution in [2.24, 2.45) is 0 Å². The Morgan fingerprint density at radius 3 is 2.72 bits per heavy atom. The first kappa shape index (κ1) is 12.5. The van der Waals surface area contributed by atoms with Gasteiger partial charge < -0.3 is 5.11 Å². The first-order chi connectivity index (χ1) is 8.58. The number of aryl methyl sites for hydroxylation is 1. The Balaban J connectivity index is 2.45. The summed E-state index contributed by atoms with van der Waals surface area (Å²) in [7, 11) is 0. The van der Waals surface area contributed by atoms with Crippen molar-refractivity contribution in [3.05, 3.63) is 57.5 Å². The molecule has 4 heteroatoms. The molecule has 1 heterocycles. The third kappa shape index (κ3) is 2.65. The molecule has 0 saturated carbocycles. The molecule has 0 radical (unpaired) electrons. The third-order valence-electron chi connectivity index (χ3n) is 2.51. The molecular weight excluding hydrogens is 251 g/mol. The minimum Gasteiger partial charge on any atom is -0.478 e. The standard InChI is InChI=1S/C14H11FO2S/c1-9-7-10(4-5-12(9)15)8-11(14(16)17)13-3-2-6-18-13/h2-8H,1H3,(H,16,17)/b11-8-. The highest BCUT2D eigenvalue weighted by Gasteiger charge is 2.11. The van der Waals surface area contributed by atoms with Crippen LogP contribution in [0.25, 0.3) is 11.6 Å². The first-order valence-electron chi connectivity index (χ1n) is 5.33. The van der Waals surface area contributed by atoms with Gasteiger partial charge in [0, 0.05) is 4.88 Å². The van der Waals surface area contributed by atoms with Crippen molar-refractivity contribution in [3.63, 3.8) is 0 Å². The van der Waals surface area contributed by atoms with Gasteiger partial charge in [0.1, 0.15) is 5.82 Å². The van der Waals surface area contributed by atoms with Gasteiger partial charge in [0.15, 0.2) is 0 Å². The lowest BCUT2D eigenvalue weighted by atomic mass is 10.1. The number of halogens is 1. The van der Waals surface area contributed by atoms with Crippen LogP contribution in [0.4, 0.5) is 4.39 Å². The van der Waals surface area contributed by atoms with Gasteiger partial charge in [0.25, 0.3) is 0 Å². The van der Waals surface area contributed by atoms with Gasteiger partial charge in [-0.25, -0.2) is 9.18 Å². The molecule has 0 saturated heterocycles. The second kappa shape index (κ2) is 5.14. The molecule has 0 bridgehead atoms. The van der Waals surface area contributed by atoms with Crippen molar-refractivity contribution < 1.29 is 14.3 Å². The number of aliphatic carboxylic acids is 1. The van der Waals surface area contributed by atoms with Crippen molar-refractivity contribution >= 4 is 29.0 Å². The van der Waals surface area contributed by atoms with E-state index < -0.39 is 5.97 Å². The van der Waals surface area contributed by atoms with E-state index in [2.05, 4.69) is 0 Å². The molecule has 0 atom stereocenters. The van der Waals surface area contributed by atoms with Gasteiger partial charge in [0.05, 0.1) is 5.57 Å². The number of carbonyl (C=O) groups is 1. The Kier molecular flexibility index (Phi) is 3.58. The smallest absolute Gasteiger partial charge is 0.337 e. The number of hydrogen-bond donors (Lipinski definition) is 1. The molecule has 2 rings (SSSR count). The van der Waals surface area contributed by atoms with Crippen molar-refractivity contribution in [2.75, 3.05) is 0 Å². The molecule has 92 valence electrons. The van der Waals surface area contributed by atoms with E-state index in [9.17, 15) is 14.3 Å². The summed E-state index contributed by atoms with van der Waals surface area (Å²) in [5.74, 6) is -1.28.